The topological polar surface area (TPSA) is 79.0 Å². The van der Waals surface area contributed by atoms with Gasteiger partial charge in [0.2, 0.25) is 15.9 Å². The molecular formula is C26H31N3O4S. The van der Waals surface area contributed by atoms with Gasteiger partial charge in [0.25, 0.3) is 0 Å². The zero-order chi connectivity index (χ0) is 24.1. The third-order valence-electron chi connectivity index (χ3n) is 6.13. The number of nitrogens with zero attached hydrogens (tertiary/aromatic N) is 2. The SMILES string of the molecule is CCN(CC)c1ccc(S(=O)(=O)N2CCOCC2)cc1NC(=O)Cc1ccc2ccccc2c1. The van der Waals surface area contributed by atoms with Crippen LogP contribution in [0.5, 0.6) is 0 Å². The lowest BCUT2D eigenvalue weighted by molar-refractivity contribution is -0.115. The lowest BCUT2D eigenvalue weighted by atomic mass is 10.0. The maximum atomic E-state index is 13.2. The summed E-state index contributed by atoms with van der Waals surface area (Å²) in [6, 6.07) is 19.0. The molecule has 1 amide bonds. The van der Waals surface area contributed by atoms with Gasteiger partial charge in [0.05, 0.1) is 35.9 Å². The van der Waals surface area contributed by atoms with Crippen LogP contribution in [0.1, 0.15) is 19.4 Å². The lowest BCUT2D eigenvalue weighted by Crippen LogP contribution is -2.40. The van der Waals surface area contributed by atoms with Gasteiger partial charge < -0.3 is 15.0 Å². The number of carbonyl (C=O) groups is 1. The van der Waals surface area contributed by atoms with Gasteiger partial charge in [-0.3, -0.25) is 4.79 Å². The number of ether oxygens (including phenoxy) is 1. The molecular weight excluding hydrogens is 450 g/mol. The van der Waals surface area contributed by atoms with Crippen LogP contribution in [0.2, 0.25) is 0 Å². The summed E-state index contributed by atoms with van der Waals surface area (Å²) in [6.07, 6.45) is 0.197. The average Bonchev–Trinajstić information content (AvgIpc) is 2.86. The van der Waals surface area contributed by atoms with Crippen LogP contribution in [-0.4, -0.2) is 58.0 Å². The Morgan fingerprint density at radius 1 is 0.971 bits per heavy atom. The Balaban J connectivity index is 1.61. The monoisotopic (exact) mass is 481 g/mol. The van der Waals surface area contributed by atoms with Crippen LogP contribution in [0.15, 0.2) is 65.6 Å². The smallest absolute Gasteiger partial charge is 0.243 e. The number of hydrogen-bond acceptors (Lipinski definition) is 5. The van der Waals surface area contributed by atoms with Crippen molar-refractivity contribution >= 4 is 38.1 Å². The Morgan fingerprint density at radius 2 is 1.68 bits per heavy atom. The molecule has 1 saturated heterocycles. The molecule has 0 aliphatic carbocycles. The minimum Gasteiger partial charge on any atom is -0.379 e. The number of rotatable bonds is 8. The summed E-state index contributed by atoms with van der Waals surface area (Å²) in [5.41, 5.74) is 2.21. The molecule has 1 aliphatic heterocycles. The Hall–Kier alpha value is -2.94. The summed E-state index contributed by atoms with van der Waals surface area (Å²) >= 11 is 0. The third kappa shape index (κ3) is 5.24. The molecule has 0 unspecified atom stereocenters. The molecule has 0 aromatic heterocycles. The van der Waals surface area contributed by atoms with Crippen molar-refractivity contribution in [1.82, 2.24) is 4.31 Å². The van der Waals surface area contributed by atoms with Crippen molar-refractivity contribution < 1.29 is 17.9 Å². The normalized spacial score (nSPS) is 14.8. The Labute approximate surface area is 201 Å². The van der Waals surface area contributed by atoms with Crippen LogP contribution in [0, 0.1) is 0 Å². The fraction of sp³-hybridized carbons (Fsp3) is 0.346. The van der Waals surface area contributed by atoms with Gasteiger partial charge >= 0.3 is 0 Å². The van der Waals surface area contributed by atoms with Crippen molar-refractivity contribution in [2.45, 2.75) is 25.2 Å². The highest BCUT2D eigenvalue weighted by Crippen LogP contribution is 2.31. The van der Waals surface area contributed by atoms with Crippen molar-refractivity contribution in [2.75, 3.05) is 49.6 Å². The van der Waals surface area contributed by atoms with E-state index in [-0.39, 0.29) is 17.2 Å². The predicted octanol–water partition coefficient (Wildman–Crippen LogP) is 3.89. The van der Waals surface area contributed by atoms with E-state index in [1.807, 2.05) is 56.3 Å². The summed E-state index contributed by atoms with van der Waals surface area (Å²) in [5, 5.41) is 5.18. The number of fused-ring (bicyclic) bond motifs is 1. The molecule has 0 bridgehead atoms. The van der Waals surface area contributed by atoms with E-state index in [0.717, 1.165) is 35.1 Å². The highest BCUT2D eigenvalue weighted by molar-refractivity contribution is 7.89. The number of nitrogens with one attached hydrogen (secondary N) is 1. The summed E-state index contributed by atoms with van der Waals surface area (Å²) in [4.78, 5) is 15.3. The van der Waals surface area contributed by atoms with Crippen LogP contribution in [0.25, 0.3) is 10.8 Å². The van der Waals surface area contributed by atoms with Crippen LogP contribution in [0.4, 0.5) is 11.4 Å². The number of hydrogen-bond donors (Lipinski definition) is 1. The van der Waals surface area contributed by atoms with Gasteiger partial charge in [-0.2, -0.15) is 4.31 Å². The maximum absolute atomic E-state index is 13.2. The molecule has 180 valence electrons. The molecule has 34 heavy (non-hydrogen) atoms. The maximum Gasteiger partial charge on any atom is 0.243 e. The van der Waals surface area contributed by atoms with Gasteiger partial charge in [-0.25, -0.2) is 8.42 Å². The van der Waals surface area contributed by atoms with E-state index in [1.54, 1.807) is 18.2 Å². The molecule has 3 aromatic rings. The standard InChI is InChI=1S/C26H31N3O4S/c1-3-28(4-2)25-12-11-23(34(31,32)29-13-15-33-16-14-29)19-24(25)27-26(30)18-20-9-10-21-7-5-6-8-22(21)17-20/h5-12,17,19H,3-4,13-16,18H2,1-2H3,(H,27,30). The van der Waals surface area contributed by atoms with Gasteiger partial charge in [0.1, 0.15) is 0 Å². The highest BCUT2D eigenvalue weighted by atomic mass is 32.2. The highest BCUT2D eigenvalue weighted by Gasteiger charge is 2.27. The molecule has 0 saturated carbocycles. The molecule has 1 fully saturated rings. The Kier molecular flexibility index (Phi) is 7.50. The minimum absolute atomic E-state index is 0.173. The van der Waals surface area contributed by atoms with E-state index in [9.17, 15) is 13.2 Å². The molecule has 7 nitrogen and oxygen atoms in total. The first-order valence-corrected chi connectivity index (χ1v) is 13.1. The second-order valence-corrected chi connectivity index (χ2v) is 10.2. The van der Waals surface area contributed by atoms with Crippen molar-refractivity contribution in [3.05, 3.63) is 66.2 Å². The number of sulfonamides is 1. The first kappa shape index (κ1) is 24.2. The number of morpholine rings is 1. The molecule has 3 aromatic carbocycles. The van der Waals surface area contributed by atoms with Crippen molar-refractivity contribution in [3.8, 4) is 0 Å². The largest absolute Gasteiger partial charge is 0.379 e. The fourth-order valence-electron chi connectivity index (χ4n) is 4.28. The third-order valence-corrected chi connectivity index (χ3v) is 8.03. The van der Waals surface area contributed by atoms with Gasteiger partial charge in [0, 0.05) is 26.2 Å². The number of amides is 1. The van der Waals surface area contributed by atoms with Gasteiger partial charge in [0.15, 0.2) is 0 Å². The first-order chi connectivity index (χ1) is 16.4. The summed E-state index contributed by atoms with van der Waals surface area (Å²) < 4.78 is 33.1. The van der Waals surface area contributed by atoms with Gasteiger partial charge in [-0.1, -0.05) is 42.5 Å². The minimum atomic E-state index is -3.68. The molecule has 0 radical (unpaired) electrons. The first-order valence-electron chi connectivity index (χ1n) is 11.7. The predicted molar refractivity (Wildman–Crippen MR) is 136 cm³/mol. The molecule has 1 heterocycles. The van der Waals surface area contributed by atoms with E-state index in [4.69, 9.17) is 4.74 Å². The molecule has 4 rings (SSSR count). The second-order valence-electron chi connectivity index (χ2n) is 8.27. The van der Waals surface area contributed by atoms with Crippen LogP contribution in [-0.2, 0) is 26.0 Å². The zero-order valence-corrected chi connectivity index (χ0v) is 20.5. The van der Waals surface area contributed by atoms with E-state index < -0.39 is 10.0 Å². The van der Waals surface area contributed by atoms with Crippen LogP contribution in [0.3, 0.4) is 0 Å². The average molecular weight is 482 g/mol. The molecule has 0 spiro atoms. The molecule has 0 atom stereocenters. The number of anilines is 2. The van der Waals surface area contributed by atoms with Crippen LogP contribution < -0.4 is 10.2 Å². The van der Waals surface area contributed by atoms with Crippen LogP contribution >= 0.6 is 0 Å². The van der Waals surface area contributed by atoms with E-state index in [1.165, 1.54) is 4.31 Å². The summed E-state index contributed by atoms with van der Waals surface area (Å²) in [6.45, 7) is 6.94. The van der Waals surface area contributed by atoms with Gasteiger partial charge in [-0.15, -0.1) is 0 Å². The fourth-order valence-corrected chi connectivity index (χ4v) is 5.72. The van der Waals surface area contributed by atoms with Gasteiger partial charge in [-0.05, 0) is 48.4 Å². The number of benzene rings is 3. The lowest BCUT2D eigenvalue weighted by Gasteiger charge is -2.28. The second kappa shape index (κ2) is 10.5. The molecule has 8 heteroatoms. The van der Waals surface area contributed by atoms with E-state index in [2.05, 4.69) is 10.2 Å². The summed E-state index contributed by atoms with van der Waals surface area (Å²) in [5.74, 6) is -0.190. The quantitative estimate of drug-likeness (QED) is 0.528. The van der Waals surface area contributed by atoms with Crippen molar-refractivity contribution in [3.63, 3.8) is 0 Å². The summed E-state index contributed by atoms with van der Waals surface area (Å²) in [7, 11) is -3.68. The van der Waals surface area contributed by atoms with Crippen molar-refractivity contribution in [2.24, 2.45) is 0 Å². The molecule has 1 aliphatic rings. The van der Waals surface area contributed by atoms with Crippen molar-refractivity contribution in [1.29, 1.82) is 0 Å². The Morgan fingerprint density at radius 3 is 2.38 bits per heavy atom. The zero-order valence-electron chi connectivity index (χ0n) is 19.7. The Bertz CT molecular complexity index is 1270. The molecule has 1 N–H and O–H groups in total. The van der Waals surface area contributed by atoms with E-state index in [0.29, 0.717) is 32.0 Å². The number of carbonyl (C=O) groups excluding carboxylic acids is 1. The van der Waals surface area contributed by atoms with E-state index >= 15 is 0 Å².